The molecule has 0 saturated carbocycles. The molecule has 3 amide bonds. The van der Waals surface area contributed by atoms with Crippen LogP contribution in [0, 0.1) is 5.92 Å². The standard InChI is InChI=1S/C17H24N4O3.ClH/c1-19-15(22)12-4-2-5-13(10-12)17(24)21-9-3-6-14(11-21)16(23)20-8-7-18;/h2,4-5,10,14H,3,6-9,11,18H2,1H3,(H,19,22)(H,20,23);1H. The van der Waals surface area contributed by atoms with Gasteiger partial charge in [0.25, 0.3) is 11.8 Å². The van der Waals surface area contributed by atoms with Crippen molar-refractivity contribution in [2.45, 2.75) is 12.8 Å². The molecular weight excluding hydrogens is 344 g/mol. The number of benzene rings is 1. The van der Waals surface area contributed by atoms with Gasteiger partial charge in [0.05, 0.1) is 5.92 Å². The molecule has 25 heavy (non-hydrogen) atoms. The molecule has 0 radical (unpaired) electrons. The predicted octanol–water partition coefficient (Wildman–Crippen LogP) is 0.395. The fourth-order valence-electron chi connectivity index (χ4n) is 2.84. The van der Waals surface area contributed by atoms with Crippen molar-refractivity contribution >= 4 is 30.1 Å². The summed E-state index contributed by atoms with van der Waals surface area (Å²) in [5.41, 5.74) is 6.30. The predicted molar refractivity (Wildman–Crippen MR) is 97.8 cm³/mol. The Kier molecular flexibility index (Phi) is 8.37. The Morgan fingerprint density at radius 3 is 2.68 bits per heavy atom. The molecule has 0 aliphatic carbocycles. The molecule has 1 aromatic rings. The van der Waals surface area contributed by atoms with Crippen LogP contribution < -0.4 is 16.4 Å². The maximum Gasteiger partial charge on any atom is 0.253 e. The second-order valence-electron chi connectivity index (χ2n) is 5.83. The van der Waals surface area contributed by atoms with E-state index in [-0.39, 0.29) is 36.0 Å². The van der Waals surface area contributed by atoms with Gasteiger partial charge in [0, 0.05) is 44.4 Å². The van der Waals surface area contributed by atoms with Crippen LogP contribution in [0.1, 0.15) is 33.6 Å². The summed E-state index contributed by atoms with van der Waals surface area (Å²) in [7, 11) is 1.55. The highest BCUT2D eigenvalue weighted by atomic mass is 35.5. The van der Waals surface area contributed by atoms with Crippen LogP contribution in [0.3, 0.4) is 0 Å². The third-order valence-corrected chi connectivity index (χ3v) is 4.12. The number of hydrogen-bond donors (Lipinski definition) is 3. The maximum atomic E-state index is 12.7. The fourth-order valence-corrected chi connectivity index (χ4v) is 2.84. The Labute approximate surface area is 153 Å². The lowest BCUT2D eigenvalue weighted by Gasteiger charge is -2.32. The molecular formula is C17H25ClN4O3. The largest absolute Gasteiger partial charge is 0.355 e. The normalized spacial score (nSPS) is 16.6. The van der Waals surface area contributed by atoms with Crippen molar-refractivity contribution in [1.82, 2.24) is 15.5 Å². The number of piperidine rings is 1. The number of carbonyl (C=O) groups excluding carboxylic acids is 3. The van der Waals surface area contributed by atoms with Gasteiger partial charge in [-0.1, -0.05) is 6.07 Å². The van der Waals surface area contributed by atoms with Crippen LogP contribution >= 0.6 is 12.4 Å². The van der Waals surface area contributed by atoms with Crippen molar-refractivity contribution in [2.75, 3.05) is 33.2 Å². The summed E-state index contributed by atoms with van der Waals surface area (Å²) in [5.74, 6) is -0.659. The molecule has 1 unspecified atom stereocenters. The van der Waals surface area contributed by atoms with E-state index in [1.54, 1.807) is 36.2 Å². The van der Waals surface area contributed by atoms with Gasteiger partial charge < -0.3 is 21.3 Å². The first kappa shape index (κ1) is 20.9. The van der Waals surface area contributed by atoms with Crippen molar-refractivity contribution < 1.29 is 14.4 Å². The van der Waals surface area contributed by atoms with E-state index < -0.39 is 0 Å². The van der Waals surface area contributed by atoms with Gasteiger partial charge in [-0.05, 0) is 31.0 Å². The molecule has 2 rings (SSSR count). The van der Waals surface area contributed by atoms with E-state index in [4.69, 9.17) is 5.73 Å². The van der Waals surface area contributed by atoms with E-state index >= 15 is 0 Å². The Morgan fingerprint density at radius 1 is 1.28 bits per heavy atom. The summed E-state index contributed by atoms with van der Waals surface area (Å²) < 4.78 is 0. The summed E-state index contributed by atoms with van der Waals surface area (Å²) in [6, 6.07) is 6.62. The number of carbonyl (C=O) groups is 3. The number of hydrogen-bond acceptors (Lipinski definition) is 4. The zero-order chi connectivity index (χ0) is 17.5. The molecule has 0 aromatic heterocycles. The second-order valence-corrected chi connectivity index (χ2v) is 5.83. The van der Waals surface area contributed by atoms with Gasteiger partial charge in [0.1, 0.15) is 0 Å². The van der Waals surface area contributed by atoms with Crippen LogP contribution in [-0.4, -0.2) is 55.8 Å². The molecule has 4 N–H and O–H groups in total. The summed E-state index contributed by atoms with van der Waals surface area (Å²) in [5, 5.41) is 5.32. The Morgan fingerprint density at radius 2 is 2.00 bits per heavy atom. The summed E-state index contributed by atoms with van der Waals surface area (Å²) in [6.45, 7) is 1.84. The summed E-state index contributed by atoms with van der Waals surface area (Å²) >= 11 is 0. The van der Waals surface area contributed by atoms with E-state index in [2.05, 4.69) is 10.6 Å². The monoisotopic (exact) mass is 368 g/mol. The minimum atomic E-state index is -0.234. The molecule has 138 valence electrons. The molecule has 0 bridgehead atoms. The van der Waals surface area contributed by atoms with Crippen LogP contribution in [0.25, 0.3) is 0 Å². The lowest BCUT2D eigenvalue weighted by atomic mass is 9.96. The number of nitrogens with one attached hydrogen (secondary N) is 2. The number of likely N-dealkylation sites (tertiary alicyclic amines) is 1. The molecule has 1 atom stereocenters. The molecule has 7 nitrogen and oxygen atoms in total. The number of nitrogens with two attached hydrogens (primary N) is 1. The fraction of sp³-hybridized carbons (Fsp3) is 0.471. The SMILES string of the molecule is CNC(=O)c1cccc(C(=O)N2CCCC(C(=O)NCCN)C2)c1.Cl. The highest BCUT2D eigenvalue weighted by Gasteiger charge is 2.28. The molecule has 1 saturated heterocycles. The summed E-state index contributed by atoms with van der Waals surface area (Å²) in [4.78, 5) is 38.2. The molecule has 8 heteroatoms. The zero-order valence-corrected chi connectivity index (χ0v) is 15.1. The first-order chi connectivity index (χ1) is 11.6. The number of rotatable bonds is 5. The Bertz CT molecular complexity index is 624. The van der Waals surface area contributed by atoms with Crippen LogP contribution in [0.15, 0.2) is 24.3 Å². The topological polar surface area (TPSA) is 105 Å². The minimum Gasteiger partial charge on any atom is -0.355 e. The summed E-state index contributed by atoms with van der Waals surface area (Å²) in [6.07, 6.45) is 1.54. The van der Waals surface area contributed by atoms with Crippen molar-refractivity contribution in [3.8, 4) is 0 Å². The third-order valence-electron chi connectivity index (χ3n) is 4.12. The first-order valence-corrected chi connectivity index (χ1v) is 8.16. The number of nitrogens with zero attached hydrogens (tertiary/aromatic N) is 1. The Balaban J connectivity index is 0.00000312. The van der Waals surface area contributed by atoms with Crippen molar-refractivity contribution in [3.05, 3.63) is 35.4 Å². The quantitative estimate of drug-likeness (QED) is 0.699. The maximum absolute atomic E-state index is 12.7. The second kappa shape index (κ2) is 10.0. The van der Waals surface area contributed by atoms with Crippen LogP contribution in [0.5, 0.6) is 0 Å². The average molecular weight is 369 g/mol. The van der Waals surface area contributed by atoms with Gasteiger partial charge in [-0.3, -0.25) is 14.4 Å². The van der Waals surface area contributed by atoms with Crippen LogP contribution in [-0.2, 0) is 4.79 Å². The van der Waals surface area contributed by atoms with E-state index in [1.165, 1.54) is 0 Å². The van der Waals surface area contributed by atoms with Gasteiger partial charge >= 0.3 is 0 Å². The van der Waals surface area contributed by atoms with Crippen molar-refractivity contribution in [3.63, 3.8) is 0 Å². The lowest BCUT2D eigenvalue weighted by molar-refractivity contribution is -0.126. The van der Waals surface area contributed by atoms with Crippen molar-refractivity contribution in [2.24, 2.45) is 11.7 Å². The van der Waals surface area contributed by atoms with Gasteiger partial charge in [-0.25, -0.2) is 0 Å². The third kappa shape index (κ3) is 5.44. The molecule has 1 aliphatic heterocycles. The smallest absolute Gasteiger partial charge is 0.253 e. The van der Waals surface area contributed by atoms with Gasteiger partial charge in [0.2, 0.25) is 5.91 Å². The molecule has 1 heterocycles. The number of halogens is 1. The first-order valence-electron chi connectivity index (χ1n) is 8.16. The Hall–Kier alpha value is -2.12. The van der Waals surface area contributed by atoms with Crippen LogP contribution in [0.4, 0.5) is 0 Å². The highest BCUT2D eigenvalue weighted by Crippen LogP contribution is 2.19. The molecule has 1 aliphatic rings. The number of amides is 3. The molecule has 1 aromatic carbocycles. The van der Waals surface area contributed by atoms with Gasteiger partial charge in [0.15, 0.2) is 0 Å². The highest BCUT2D eigenvalue weighted by molar-refractivity contribution is 5.99. The van der Waals surface area contributed by atoms with Gasteiger partial charge in [-0.2, -0.15) is 0 Å². The van der Waals surface area contributed by atoms with E-state index in [1.807, 2.05) is 0 Å². The van der Waals surface area contributed by atoms with Gasteiger partial charge in [-0.15, -0.1) is 12.4 Å². The molecule has 1 fully saturated rings. The van der Waals surface area contributed by atoms with E-state index in [0.29, 0.717) is 37.3 Å². The lowest BCUT2D eigenvalue weighted by Crippen LogP contribution is -2.46. The zero-order valence-electron chi connectivity index (χ0n) is 14.3. The van der Waals surface area contributed by atoms with E-state index in [9.17, 15) is 14.4 Å². The van der Waals surface area contributed by atoms with E-state index in [0.717, 1.165) is 12.8 Å². The molecule has 0 spiro atoms. The van der Waals surface area contributed by atoms with Crippen molar-refractivity contribution in [1.29, 1.82) is 0 Å². The van der Waals surface area contributed by atoms with Crippen LogP contribution in [0.2, 0.25) is 0 Å². The average Bonchev–Trinajstić information content (AvgIpc) is 2.65. The minimum absolute atomic E-state index is 0.